The molecule has 0 amide bonds. The number of halogens is 2. The van der Waals surface area contributed by atoms with Gasteiger partial charge in [-0.3, -0.25) is 4.98 Å². The van der Waals surface area contributed by atoms with Gasteiger partial charge in [-0.1, -0.05) is 11.6 Å². The van der Waals surface area contributed by atoms with Crippen LogP contribution in [0.4, 0.5) is 10.1 Å². The van der Waals surface area contributed by atoms with E-state index in [9.17, 15) is 4.39 Å². The summed E-state index contributed by atoms with van der Waals surface area (Å²) in [5, 5.41) is 4.03. The number of anilines is 1. The first kappa shape index (κ1) is 13.2. The molecule has 2 heterocycles. The number of aromatic nitrogens is 1. The van der Waals surface area contributed by atoms with Gasteiger partial charge in [0.25, 0.3) is 0 Å². The monoisotopic (exact) mass is 292 g/mol. The third-order valence-corrected chi connectivity index (χ3v) is 3.58. The Kier molecular flexibility index (Phi) is 3.26. The van der Waals surface area contributed by atoms with Crippen molar-refractivity contribution in [2.75, 3.05) is 5.32 Å². The summed E-state index contributed by atoms with van der Waals surface area (Å²) < 4.78 is 19.0. The minimum atomic E-state index is -0.353. The van der Waals surface area contributed by atoms with Crippen LogP contribution < -0.4 is 10.1 Å². The van der Waals surface area contributed by atoms with Crippen molar-refractivity contribution in [1.82, 2.24) is 4.98 Å². The number of pyridine rings is 1. The highest BCUT2D eigenvalue weighted by atomic mass is 35.5. The van der Waals surface area contributed by atoms with Crippen molar-refractivity contribution in [3.8, 4) is 5.75 Å². The number of ether oxygens (including phenoxy) is 1. The first-order valence-electron chi connectivity index (χ1n) is 6.39. The van der Waals surface area contributed by atoms with E-state index in [4.69, 9.17) is 16.3 Å². The Morgan fingerprint density at radius 1 is 1.35 bits per heavy atom. The van der Waals surface area contributed by atoms with Gasteiger partial charge in [-0.2, -0.15) is 0 Å². The van der Waals surface area contributed by atoms with Gasteiger partial charge >= 0.3 is 0 Å². The molecule has 0 fully saturated rings. The van der Waals surface area contributed by atoms with Gasteiger partial charge in [0.15, 0.2) is 6.10 Å². The molecule has 104 valence electrons. The van der Waals surface area contributed by atoms with Gasteiger partial charge in [-0.25, -0.2) is 4.39 Å². The maximum absolute atomic E-state index is 13.0. The molecule has 2 aromatic rings. The SMILES string of the molecule is Cc1cc(Cl)cc2c1OC(c1ccc(F)cn1)C(C)N2. The Hall–Kier alpha value is -1.81. The van der Waals surface area contributed by atoms with Crippen molar-refractivity contribution < 1.29 is 9.13 Å². The maximum Gasteiger partial charge on any atom is 0.160 e. The van der Waals surface area contributed by atoms with Crippen LogP contribution in [0.1, 0.15) is 24.3 Å². The van der Waals surface area contributed by atoms with Gasteiger partial charge in [0.05, 0.1) is 23.6 Å². The highest BCUT2D eigenvalue weighted by molar-refractivity contribution is 6.31. The summed E-state index contributed by atoms with van der Waals surface area (Å²) in [6.07, 6.45) is 0.943. The number of hydrogen-bond acceptors (Lipinski definition) is 3. The van der Waals surface area contributed by atoms with Crippen LogP contribution in [0.15, 0.2) is 30.5 Å². The molecule has 1 aromatic heterocycles. The Labute approximate surface area is 121 Å². The number of hydrogen-bond donors (Lipinski definition) is 1. The van der Waals surface area contributed by atoms with Gasteiger partial charge in [0.2, 0.25) is 0 Å². The van der Waals surface area contributed by atoms with E-state index in [0.29, 0.717) is 10.7 Å². The molecule has 1 aromatic carbocycles. The third kappa shape index (κ3) is 2.31. The summed E-state index contributed by atoms with van der Waals surface area (Å²) in [5.74, 6) is 0.414. The molecule has 0 saturated heterocycles. The lowest BCUT2D eigenvalue weighted by Crippen LogP contribution is -2.33. The molecule has 0 saturated carbocycles. The van der Waals surface area contributed by atoms with Crippen molar-refractivity contribution in [1.29, 1.82) is 0 Å². The van der Waals surface area contributed by atoms with Crippen molar-refractivity contribution in [3.63, 3.8) is 0 Å². The van der Waals surface area contributed by atoms with Crippen LogP contribution in [0.3, 0.4) is 0 Å². The number of nitrogens with one attached hydrogen (secondary N) is 1. The molecule has 0 spiro atoms. The number of benzene rings is 1. The lowest BCUT2D eigenvalue weighted by molar-refractivity contribution is 0.171. The molecule has 3 nitrogen and oxygen atoms in total. The fourth-order valence-corrected chi connectivity index (χ4v) is 2.69. The van der Waals surface area contributed by atoms with E-state index in [2.05, 4.69) is 10.3 Å². The molecule has 1 aliphatic heterocycles. The van der Waals surface area contributed by atoms with Gasteiger partial charge in [-0.15, -0.1) is 0 Å². The third-order valence-electron chi connectivity index (χ3n) is 3.36. The standard InChI is InChI=1S/C15H14ClFN2O/c1-8-5-10(16)6-13-14(8)20-15(9(2)19-13)12-4-3-11(17)7-18-12/h3-7,9,15,19H,1-2H3. The smallest absolute Gasteiger partial charge is 0.160 e. The number of fused-ring (bicyclic) bond motifs is 1. The van der Waals surface area contributed by atoms with Crippen LogP contribution in [-0.2, 0) is 0 Å². The van der Waals surface area contributed by atoms with Crippen LogP contribution >= 0.6 is 11.6 Å². The molecule has 2 atom stereocenters. The minimum absolute atomic E-state index is 0.0123. The zero-order chi connectivity index (χ0) is 14.3. The predicted octanol–water partition coefficient (Wildman–Crippen LogP) is 4.12. The number of aryl methyl sites for hydroxylation is 1. The van der Waals surface area contributed by atoms with Crippen molar-refractivity contribution in [2.24, 2.45) is 0 Å². The second-order valence-corrected chi connectivity index (χ2v) is 5.41. The van der Waals surface area contributed by atoms with Crippen molar-refractivity contribution >= 4 is 17.3 Å². The lowest BCUT2D eigenvalue weighted by atomic mass is 10.0. The van der Waals surface area contributed by atoms with E-state index in [-0.39, 0.29) is 18.0 Å². The summed E-state index contributed by atoms with van der Waals surface area (Å²) in [4.78, 5) is 4.11. The van der Waals surface area contributed by atoms with Crippen LogP contribution in [0.2, 0.25) is 5.02 Å². The molecule has 20 heavy (non-hydrogen) atoms. The quantitative estimate of drug-likeness (QED) is 0.858. The molecular weight excluding hydrogens is 279 g/mol. The Bertz CT molecular complexity index is 645. The van der Waals surface area contributed by atoms with E-state index in [1.807, 2.05) is 26.0 Å². The maximum atomic E-state index is 13.0. The summed E-state index contributed by atoms with van der Waals surface area (Å²) in [6.45, 7) is 3.94. The van der Waals surface area contributed by atoms with E-state index in [1.54, 1.807) is 6.07 Å². The highest BCUT2D eigenvalue weighted by Crippen LogP contribution is 2.40. The van der Waals surface area contributed by atoms with Crippen LogP contribution in [0.25, 0.3) is 0 Å². The van der Waals surface area contributed by atoms with Crippen LogP contribution in [0.5, 0.6) is 5.75 Å². The van der Waals surface area contributed by atoms with E-state index >= 15 is 0 Å². The number of nitrogens with zero attached hydrogens (tertiary/aromatic N) is 1. The molecule has 3 rings (SSSR count). The lowest BCUT2D eigenvalue weighted by Gasteiger charge is -2.33. The van der Waals surface area contributed by atoms with E-state index < -0.39 is 0 Å². The molecule has 0 bridgehead atoms. The average Bonchev–Trinajstić information content (AvgIpc) is 2.39. The summed E-state index contributed by atoms with van der Waals surface area (Å²) in [7, 11) is 0. The highest BCUT2D eigenvalue weighted by Gasteiger charge is 2.29. The molecule has 0 aliphatic carbocycles. The van der Waals surface area contributed by atoms with Crippen molar-refractivity contribution in [2.45, 2.75) is 26.0 Å². The average molecular weight is 293 g/mol. The van der Waals surface area contributed by atoms with Gasteiger partial charge in [0.1, 0.15) is 11.6 Å². The molecule has 2 unspecified atom stereocenters. The normalized spacial score (nSPS) is 20.8. The molecule has 1 N–H and O–H groups in total. The molecular formula is C15H14ClFN2O. The topological polar surface area (TPSA) is 34.1 Å². The van der Waals surface area contributed by atoms with E-state index in [1.165, 1.54) is 12.3 Å². The first-order chi connectivity index (χ1) is 9.54. The second kappa shape index (κ2) is 4.94. The second-order valence-electron chi connectivity index (χ2n) is 4.97. The Morgan fingerprint density at radius 2 is 2.15 bits per heavy atom. The first-order valence-corrected chi connectivity index (χ1v) is 6.77. The molecule has 1 aliphatic rings. The fraction of sp³-hybridized carbons (Fsp3) is 0.267. The zero-order valence-corrected chi connectivity index (χ0v) is 11.9. The Balaban J connectivity index is 1.98. The number of rotatable bonds is 1. The van der Waals surface area contributed by atoms with Gasteiger partial charge in [0, 0.05) is 5.02 Å². The fourth-order valence-electron chi connectivity index (χ4n) is 2.42. The van der Waals surface area contributed by atoms with Gasteiger partial charge in [-0.05, 0) is 43.7 Å². The van der Waals surface area contributed by atoms with Crippen LogP contribution in [-0.4, -0.2) is 11.0 Å². The summed E-state index contributed by atoms with van der Waals surface area (Å²) >= 11 is 6.05. The van der Waals surface area contributed by atoms with E-state index in [0.717, 1.165) is 17.0 Å². The summed E-state index contributed by atoms with van der Waals surface area (Å²) in [6, 6.07) is 6.75. The predicted molar refractivity (Wildman–Crippen MR) is 76.8 cm³/mol. The van der Waals surface area contributed by atoms with Crippen LogP contribution in [0, 0.1) is 12.7 Å². The Morgan fingerprint density at radius 3 is 2.85 bits per heavy atom. The minimum Gasteiger partial charge on any atom is -0.480 e. The zero-order valence-electron chi connectivity index (χ0n) is 11.2. The molecule has 0 radical (unpaired) electrons. The van der Waals surface area contributed by atoms with Gasteiger partial charge < -0.3 is 10.1 Å². The summed E-state index contributed by atoms with van der Waals surface area (Å²) in [5.41, 5.74) is 2.53. The largest absolute Gasteiger partial charge is 0.480 e. The van der Waals surface area contributed by atoms with Crippen molar-refractivity contribution in [3.05, 3.63) is 52.6 Å². The molecule has 5 heteroatoms.